The molecule has 0 saturated carbocycles. The van der Waals surface area contributed by atoms with Gasteiger partial charge in [0.2, 0.25) is 0 Å². The number of hydrogen-bond acceptors (Lipinski definition) is 5. The number of alkyl halides is 6. The molecule has 2 fully saturated rings. The maximum absolute atomic E-state index is 12.7. The maximum atomic E-state index is 12.7. The normalized spacial score (nSPS) is 20.4. The van der Waals surface area contributed by atoms with Gasteiger partial charge in [-0.2, -0.15) is 26.3 Å². The van der Waals surface area contributed by atoms with Crippen LogP contribution in [0.2, 0.25) is 5.02 Å². The Labute approximate surface area is 185 Å². The minimum absolute atomic E-state index is 0.0907. The van der Waals surface area contributed by atoms with E-state index in [9.17, 15) is 31.1 Å². The Morgan fingerprint density at radius 1 is 0.906 bits per heavy atom. The van der Waals surface area contributed by atoms with E-state index in [2.05, 4.69) is 9.64 Å². The van der Waals surface area contributed by atoms with Gasteiger partial charge in [-0.3, -0.25) is 9.80 Å². The minimum atomic E-state index is -5.75. The zero-order chi connectivity index (χ0) is 23.5. The summed E-state index contributed by atoms with van der Waals surface area (Å²) in [6.07, 6.45) is -17.6. The first-order chi connectivity index (χ1) is 15.0. The molecule has 3 rings (SSSR count). The van der Waals surface area contributed by atoms with E-state index in [4.69, 9.17) is 16.3 Å². The van der Waals surface area contributed by atoms with E-state index < -0.39 is 24.5 Å². The zero-order valence-corrected chi connectivity index (χ0v) is 17.6. The highest BCUT2D eigenvalue weighted by atomic mass is 35.5. The maximum Gasteiger partial charge on any atom is 0.434 e. The summed E-state index contributed by atoms with van der Waals surface area (Å²) in [5.41, 5.74) is 0.821. The molecule has 2 aliphatic heterocycles. The molecule has 13 heteroatoms. The first kappa shape index (κ1) is 24.9. The van der Waals surface area contributed by atoms with Crippen molar-refractivity contribution in [3.63, 3.8) is 0 Å². The molecule has 0 radical (unpaired) electrons. The summed E-state index contributed by atoms with van der Waals surface area (Å²) < 4.78 is 85.3. The molecular formula is C19H22ClF6N3O3. The fourth-order valence-electron chi connectivity index (χ4n) is 3.77. The van der Waals surface area contributed by atoms with Crippen LogP contribution in [0.1, 0.15) is 11.7 Å². The van der Waals surface area contributed by atoms with Gasteiger partial charge in [0.05, 0.1) is 19.4 Å². The lowest BCUT2D eigenvalue weighted by atomic mass is 10.1. The number of rotatable bonds is 4. The van der Waals surface area contributed by atoms with Crippen LogP contribution in [0.5, 0.6) is 0 Å². The van der Waals surface area contributed by atoms with E-state index in [0.717, 1.165) is 10.5 Å². The van der Waals surface area contributed by atoms with Crippen LogP contribution < -0.4 is 0 Å². The molecule has 1 aromatic carbocycles. The molecular weight excluding hydrogens is 468 g/mol. The van der Waals surface area contributed by atoms with Crippen molar-refractivity contribution in [3.8, 4) is 0 Å². The standard InChI is InChI=1S/C19H22ClF6N3O3/c20-14-4-2-1-3-13(14)15(28-9-11-31-12-10-28)27-5-7-29(8-6-27)17(30)32-16(18(21,22)23)19(24,25)26/h1-4,15-16H,5-12H2. The SMILES string of the molecule is O=C(OC(C(F)(F)F)C(F)(F)F)N1CCN(C(c2ccccc2Cl)N2CCOCC2)CC1. The van der Waals surface area contributed by atoms with Gasteiger partial charge in [0, 0.05) is 49.9 Å². The highest BCUT2D eigenvalue weighted by molar-refractivity contribution is 6.31. The summed E-state index contributed by atoms with van der Waals surface area (Å²) >= 11 is 6.40. The molecule has 0 N–H and O–H groups in total. The molecule has 32 heavy (non-hydrogen) atoms. The fraction of sp³-hybridized carbons (Fsp3) is 0.632. The van der Waals surface area contributed by atoms with Crippen LogP contribution in [0.25, 0.3) is 0 Å². The van der Waals surface area contributed by atoms with E-state index in [-0.39, 0.29) is 32.3 Å². The van der Waals surface area contributed by atoms with Gasteiger partial charge in [-0.1, -0.05) is 29.8 Å². The molecule has 180 valence electrons. The summed E-state index contributed by atoms with van der Waals surface area (Å²) in [4.78, 5) is 17.0. The lowest BCUT2D eigenvalue weighted by molar-refractivity contribution is -0.308. The van der Waals surface area contributed by atoms with Crippen molar-refractivity contribution in [2.45, 2.75) is 24.6 Å². The van der Waals surface area contributed by atoms with E-state index in [0.29, 0.717) is 31.3 Å². The Balaban J connectivity index is 1.69. The van der Waals surface area contributed by atoms with Crippen molar-refractivity contribution in [1.82, 2.24) is 14.7 Å². The Hall–Kier alpha value is -1.76. The molecule has 0 aliphatic carbocycles. The lowest BCUT2D eigenvalue weighted by Crippen LogP contribution is -2.56. The number of ether oxygens (including phenoxy) is 2. The van der Waals surface area contributed by atoms with Crippen molar-refractivity contribution in [1.29, 1.82) is 0 Å². The minimum Gasteiger partial charge on any atom is -0.426 e. The summed E-state index contributed by atoms with van der Waals surface area (Å²) in [6.45, 7) is 2.52. The molecule has 1 atom stereocenters. The van der Waals surface area contributed by atoms with Crippen LogP contribution in [0.15, 0.2) is 24.3 Å². The first-order valence-electron chi connectivity index (χ1n) is 9.87. The number of hydrogen-bond donors (Lipinski definition) is 0. The number of carbonyl (C=O) groups excluding carboxylic acids is 1. The van der Waals surface area contributed by atoms with Crippen molar-refractivity contribution < 1.29 is 40.6 Å². The van der Waals surface area contributed by atoms with E-state index >= 15 is 0 Å². The monoisotopic (exact) mass is 489 g/mol. The summed E-state index contributed by atoms with van der Waals surface area (Å²) in [5.74, 6) is 0. The van der Waals surface area contributed by atoms with Gasteiger partial charge in [0.1, 0.15) is 0 Å². The molecule has 0 aromatic heterocycles. The van der Waals surface area contributed by atoms with Crippen LogP contribution in [-0.4, -0.2) is 91.7 Å². The van der Waals surface area contributed by atoms with Gasteiger partial charge in [-0.15, -0.1) is 0 Å². The molecule has 0 bridgehead atoms. The van der Waals surface area contributed by atoms with Gasteiger partial charge in [0.15, 0.2) is 0 Å². The van der Waals surface area contributed by atoms with Crippen LogP contribution >= 0.6 is 11.6 Å². The van der Waals surface area contributed by atoms with E-state index in [1.54, 1.807) is 12.1 Å². The highest BCUT2D eigenvalue weighted by Gasteiger charge is 2.60. The number of benzene rings is 1. The molecule has 1 aromatic rings. The number of piperazine rings is 1. The first-order valence-corrected chi connectivity index (χ1v) is 10.3. The summed E-state index contributed by atoms with van der Waals surface area (Å²) in [7, 11) is 0. The van der Waals surface area contributed by atoms with Gasteiger partial charge < -0.3 is 14.4 Å². The quantitative estimate of drug-likeness (QED) is 0.600. The van der Waals surface area contributed by atoms with Crippen molar-refractivity contribution >= 4 is 17.7 Å². The Morgan fingerprint density at radius 3 is 1.97 bits per heavy atom. The molecule has 1 unspecified atom stereocenters. The Kier molecular flexibility index (Phi) is 7.79. The van der Waals surface area contributed by atoms with Gasteiger partial charge in [0.25, 0.3) is 6.10 Å². The van der Waals surface area contributed by atoms with Crippen LogP contribution in [-0.2, 0) is 9.47 Å². The largest absolute Gasteiger partial charge is 0.434 e. The molecule has 2 heterocycles. The second kappa shape index (κ2) is 10.0. The van der Waals surface area contributed by atoms with E-state index in [1.165, 1.54) is 0 Å². The van der Waals surface area contributed by atoms with Crippen molar-refractivity contribution in [3.05, 3.63) is 34.9 Å². The topological polar surface area (TPSA) is 45.2 Å². The molecule has 0 spiro atoms. The van der Waals surface area contributed by atoms with Crippen molar-refractivity contribution in [2.75, 3.05) is 52.5 Å². The molecule has 2 aliphatic rings. The second-order valence-electron chi connectivity index (χ2n) is 7.41. The third kappa shape index (κ3) is 5.97. The third-order valence-electron chi connectivity index (χ3n) is 5.31. The lowest BCUT2D eigenvalue weighted by Gasteiger charge is -2.45. The summed E-state index contributed by atoms with van der Waals surface area (Å²) in [5, 5.41) is 0.532. The number of morpholine rings is 1. The summed E-state index contributed by atoms with van der Waals surface area (Å²) in [6, 6.07) is 7.22. The smallest absolute Gasteiger partial charge is 0.426 e. The number of carbonyl (C=O) groups is 1. The van der Waals surface area contributed by atoms with Gasteiger partial charge >= 0.3 is 18.4 Å². The molecule has 6 nitrogen and oxygen atoms in total. The Morgan fingerprint density at radius 2 is 1.44 bits per heavy atom. The predicted octanol–water partition coefficient (Wildman–Crippen LogP) is 3.92. The third-order valence-corrected chi connectivity index (χ3v) is 5.65. The van der Waals surface area contributed by atoms with Crippen molar-refractivity contribution in [2.24, 2.45) is 0 Å². The fourth-order valence-corrected chi connectivity index (χ4v) is 4.01. The zero-order valence-electron chi connectivity index (χ0n) is 16.8. The van der Waals surface area contributed by atoms with Crippen LogP contribution in [0.4, 0.5) is 31.1 Å². The van der Waals surface area contributed by atoms with Gasteiger partial charge in [-0.25, -0.2) is 4.79 Å². The molecule has 2 saturated heterocycles. The van der Waals surface area contributed by atoms with Crippen LogP contribution in [0.3, 0.4) is 0 Å². The Bertz CT molecular complexity index is 766. The predicted molar refractivity (Wildman–Crippen MR) is 102 cm³/mol. The number of nitrogens with zero attached hydrogens (tertiary/aromatic N) is 3. The van der Waals surface area contributed by atoms with E-state index in [1.807, 2.05) is 17.0 Å². The average Bonchev–Trinajstić information content (AvgIpc) is 2.73. The number of amides is 1. The van der Waals surface area contributed by atoms with Gasteiger partial charge in [-0.05, 0) is 6.07 Å². The van der Waals surface area contributed by atoms with Crippen LogP contribution in [0, 0.1) is 0 Å². The molecule has 1 amide bonds. The second-order valence-corrected chi connectivity index (χ2v) is 7.82. The highest BCUT2D eigenvalue weighted by Crippen LogP contribution is 2.36. The number of halogens is 7. The average molecular weight is 490 g/mol.